The van der Waals surface area contributed by atoms with Gasteiger partial charge in [0.05, 0.1) is 6.17 Å². The fraction of sp³-hybridized carbons (Fsp3) is 0.273. The molecule has 0 bridgehead atoms. The number of fused-ring (bicyclic) bond motifs is 2. The maximum Gasteiger partial charge on any atom is 0.134 e. The lowest BCUT2D eigenvalue weighted by Gasteiger charge is -2.38. The number of benzene rings is 3. The van der Waals surface area contributed by atoms with E-state index in [0.29, 0.717) is 5.92 Å². The molecule has 248 valence electrons. The van der Waals surface area contributed by atoms with Gasteiger partial charge in [0.15, 0.2) is 0 Å². The highest BCUT2D eigenvalue weighted by Gasteiger charge is 2.30. The summed E-state index contributed by atoms with van der Waals surface area (Å²) in [5, 5.41) is 10.0. The van der Waals surface area contributed by atoms with Gasteiger partial charge >= 0.3 is 0 Å². The summed E-state index contributed by atoms with van der Waals surface area (Å²) in [6.45, 7) is 0. The first-order chi connectivity index (χ1) is 24.1. The number of hydrogen-bond donors (Lipinski definition) is 4. The molecule has 4 aliphatic carbocycles. The van der Waals surface area contributed by atoms with Crippen molar-refractivity contribution in [1.82, 2.24) is 10.6 Å². The van der Waals surface area contributed by atoms with Crippen LogP contribution in [-0.4, -0.2) is 12.2 Å². The van der Waals surface area contributed by atoms with Crippen LogP contribution in [-0.2, 0) is 11.2 Å². The van der Waals surface area contributed by atoms with Crippen molar-refractivity contribution in [2.75, 3.05) is 0 Å². The highest BCUT2D eigenvalue weighted by Crippen LogP contribution is 2.40. The fourth-order valence-electron chi connectivity index (χ4n) is 8.07. The molecule has 0 spiro atoms. The minimum atomic E-state index is -0.669. The minimum absolute atomic E-state index is 0.126. The quantitative estimate of drug-likeness (QED) is 0.184. The van der Waals surface area contributed by atoms with Crippen LogP contribution >= 0.6 is 0 Å². The second-order valence-electron chi connectivity index (χ2n) is 13.7. The summed E-state index contributed by atoms with van der Waals surface area (Å²) in [5.41, 5.74) is 24.8. The summed E-state index contributed by atoms with van der Waals surface area (Å²) < 4.78 is 6.46. The molecule has 1 aliphatic heterocycles. The second kappa shape index (κ2) is 14.1. The van der Waals surface area contributed by atoms with E-state index < -0.39 is 12.5 Å². The predicted octanol–water partition coefficient (Wildman–Crippen LogP) is 8.71. The van der Waals surface area contributed by atoms with Crippen molar-refractivity contribution in [1.29, 1.82) is 0 Å². The lowest BCUT2D eigenvalue weighted by molar-refractivity contribution is -0.00771. The molecule has 5 heteroatoms. The van der Waals surface area contributed by atoms with Gasteiger partial charge in [0.1, 0.15) is 12.5 Å². The molecule has 1 heterocycles. The van der Waals surface area contributed by atoms with E-state index in [4.69, 9.17) is 16.2 Å². The number of rotatable bonds is 8. The van der Waals surface area contributed by atoms with Crippen LogP contribution in [0, 0.1) is 5.92 Å². The van der Waals surface area contributed by atoms with Crippen molar-refractivity contribution in [2.45, 2.75) is 69.6 Å². The molecule has 5 atom stereocenters. The summed E-state index contributed by atoms with van der Waals surface area (Å²) in [7, 11) is 0. The SMILES string of the molecule is NC(OC(N)c1cccc2ccccc12)c1ccc2c(c1C1=CC=C(C3=CC(C4C=CC=CC4)NC(C4=CC=CCC4)N3)CC1)CCC=C2. The predicted molar refractivity (Wildman–Crippen MR) is 203 cm³/mol. The van der Waals surface area contributed by atoms with Crippen molar-refractivity contribution in [3.05, 3.63) is 166 Å². The smallest absolute Gasteiger partial charge is 0.134 e. The molecule has 3 aromatic rings. The van der Waals surface area contributed by atoms with Gasteiger partial charge in [0.25, 0.3) is 0 Å². The molecule has 0 aromatic heterocycles. The molecule has 0 fully saturated rings. The highest BCUT2D eigenvalue weighted by atomic mass is 16.5. The maximum absolute atomic E-state index is 6.93. The molecular formula is C44H46N4O. The van der Waals surface area contributed by atoms with E-state index in [1.54, 1.807) is 0 Å². The van der Waals surface area contributed by atoms with Crippen LogP contribution in [0.25, 0.3) is 22.4 Å². The number of ether oxygens (including phenoxy) is 1. The molecule has 8 rings (SSSR count). The van der Waals surface area contributed by atoms with E-state index in [-0.39, 0.29) is 12.2 Å². The lowest BCUT2D eigenvalue weighted by atomic mass is 9.81. The van der Waals surface area contributed by atoms with Gasteiger partial charge < -0.3 is 21.5 Å². The summed E-state index contributed by atoms with van der Waals surface area (Å²) >= 11 is 0. The average molecular weight is 647 g/mol. The first-order valence-electron chi connectivity index (χ1n) is 17.9. The van der Waals surface area contributed by atoms with Crippen molar-refractivity contribution in [3.63, 3.8) is 0 Å². The van der Waals surface area contributed by atoms with Crippen LogP contribution in [0.5, 0.6) is 0 Å². The monoisotopic (exact) mass is 646 g/mol. The van der Waals surface area contributed by atoms with Gasteiger partial charge in [0, 0.05) is 22.9 Å². The topological polar surface area (TPSA) is 85.3 Å². The summed E-state index contributed by atoms with van der Waals surface area (Å²) in [6.07, 6.45) is 33.2. The Kier molecular flexibility index (Phi) is 9.16. The molecule has 3 aromatic carbocycles. The zero-order valence-corrected chi connectivity index (χ0v) is 28.0. The van der Waals surface area contributed by atoms with Crippen LogP contribution in [0.3, 0.4) is 0 Å². The Labute approximate surface area is 290 Å². The lowest BCUT2D eigenvalue weighted by Crippen LogP contribution is -2.54. The Balaban J connectivity index is 1.11. The molecule has 5 unspecified atom stereocenters. The molecular weight excluding hydrogens is 601 g/mol. The third kappa shape index (κ3) is 6.60. The second-order valence-corrected chi connectivity index (χ2v) is 13.7. The van der Waals surface area contributed by atoms with Gasteiger partial charge in [0.2, 0.25) is 0 Å². The van der Waals surface area contributed by atoms with E-state index in [1.165, 1.54) is 39.1 Å². The summed E-state index contributed by atoms with van der Waals surface area (Å²) in [4.78, 5) is 0. The van der Waals surface area contributed by atoms with E-state index in [9.17, 15) is 0 Å². The van der Waals surface area contributed by atoms with Crippen LogP contribution < -0.4 is 22.1 Å². The molecule has 6 N–H and O–H groups in total. The van der Waals surface area contributed by atoms with Gasteiger partial charge in [-0.2, -0.15) is 0 Å². The normalized spacial score (nSPS) is 24.3. The highest BCUT2D eigenvalue weighted by molar-refractivity contribution is 5.86. The Hall–Kier alpha value is -4.52. The molecule has 49 heavy (non-hydrogen) atoms. The van der Waals surface area contributed by atoms with Gasteiger partial charge in [-0.25, -0.2) is 0 Å². The van der Waals surface area contributed by atoms with Crippen LogP contribution in [0.1, 0.15) is 78.8 Å². The summed E-state index contributed by atoms with van der Waals surface area (Å²) in [6, 6.07) is 19.0. The zero-order chi connectivity index (χ0) is 33.2. The van der Waals surface area contributed by atoms with Crippen LogP contribution in [0.2, 0.25) is 0 Å². The van der Waals surface area contributed by atoms with E-state index in [1.807, 2.05) is 24.3 Å². The number of hydrogen-bond acceptors (Lipinski definition) is 5. The average Bonchev–Trinajstić information content (AvgIpc) is 3.17. The Morgan fingerprint density at radius 1 is 0.735 bits per heavy atom. The van der Waals surface area contributed by atoms with Gasteiger partial charge in [-0.3, -0.25) is 5.32 Å². The Morgan fingerprint density at radius 3 is 2.41 bits per heavy atom. The van der Waals surface area contributed by atoms with E-state index in [2.05, 4.69) is 114 Å². The van der Waals surface area contributed by atoms with Gasteiger partial charge in [-0.15, -0.1) is 0 Å². The van der Waals surface area contributed by atoms with E-state index >= 15 is 0 Å². The molecule has 5 nitrogen and oxygen atoms in total. The first-order valence-corrected chi connectivity index (χ1v) is 17.9. The largest absolute Gasteiger partial charge is 0.366 e. The Bertz CT molecular complexity index is 1980. The van der Waals surface area contributed by atoms with Crippen molar-refractivity contribution >= 4 is 22.4 Å². The molecule has 0 saturated heterocycles. The molecule has 0 radical (unpaired) electrons. The molecule has 0 amide bonds. The third-order valence-electron chi connectivity index (χ3n) is 10.7. The third-order valence-corrected chi connectivity index (χ3v) is 10.7. The van der Waals surface area contributed by atoms with Gasteiger partial charge in [-0.1, -0.05) is 121 Å². The maximum atomic E-state index is 6.93. The number of nitrogens with one attached hydrogen (secondary N) is 2. The van der Waals surface area contributed by atoms with Crippen molar-refractivity contribution in [3.8, 4) is 0 Å². The van der Waals surface area contributed by atoms with Gasteiger partial charge in [-0.05, 0) is 101 Å². The molecule has 0 saturated carbocycles. The zero-order valence-electron chi connectivity index (χ0n) is 28.0. The van der Waals surface area contributed by atoms with Crippen LogP contribution in [0.4, 0.5) is 0 Å². The van der Waals surface area contributed by atoms with Crippen molar-refractivity contribution < 1.29 is 4.74 Å². The minimum Gasteiger partial charge on any atom is -0.366 e. The standard InChI is InChI=1S/C44H46N4O/c45-42(37-21-11-18-29-12-7-9-19-35(29)37)49-43(46)38-27-26-30-13-8-10-20-36(30)41(38)33-24-22-32(23-25-33)40-28-39(31-14-3-1-4-15-31)47-44(48-40)34-16-5-2-6-17-34/h1-5,7-9,11-14,16,18-19,21-22,24,26-28,31,39,42-44,47-48H,6,10,15,17,20,23,25,45-46H2. The van der Waals surface area contributed by atoms with E-state index in [0.717, 1.165) is 66.8 Å². The van der Waals surface area contributed by atoms with Crippen LogP contribution in [0.15, 0.2) is 138 Å². The number of nitrogens with two attached hydrogens (primary N) is 2. The Morgan fingerprint density at radius 2 is 1.57 bits per heavy atom. The number of allylic oxidation sites excluding steroid dienone is 11. The summed E-state index contributed by atoms with van der Waals surface area (Å²) in [5.74, 6) is 0.438. The first kappa shape index (κ1) is 31.7. The van der Waals surface area contributed by atoms with Crippen molar-refractivity contribution in [2.24, 2.45) is 17.4 Å². The fourth-order valence-corrected chi connectivity index (χ4v) is 8.07. The molecule has 5 aliphatic rings.